The number of fused-ring (bicyclic) bond motifs is 1. The third-order valence-corrected chi connectivity index (χ3v) is 5.99. The molecule has 7 heteroatoms. The lowest BCUT2D eigenvalue weighted by Gasteiger charge is -2.42. The summed E-state index contributed by atoms with van der Waals surface area (Å²) in [5, 5.41) is 4.23. The maximum absolute atomic E-state index is 13.6. The summed E-state index contributed by atoms with van der Waals surface area (Å²) in [7, 11) is 0. The Morgan fingerprint density at radius 1 is 1.19 bits per heavy atom. The Kier molecular flexibility index (Phi) is 6.26. The third kappa shape index (κ3) is 4.38. The number of benzene rings is 2. The van der Waals surface area contributed by atoms with Gasteiger partial charge in [0.15, 0.2) is 0 Å². The number of rotatable bonds is 6. The van der Waals surface area contributed by atoms with Crippen LogP contribution in [0.15, 0.2) is 60.3 Å². The van der Waals surface area contributed by atoms with Crippen molar-refractivity contribution in [2.45, 2.75) is 39.3 Å². The molecule has 0 saturated carbocycles. The first kappa shape index (κ1) is 22.4. The van der Waals surface area contributed by atoms with Crippen LogP contribution in [0.1, 0.15) is 33.0 Å². The minimum absolute atomic E-state index is 0.254. The van der Waals surface area contributed by atoms with E-state index in [0.717, 1.165) is 47.2 Å². The molecule has 0 fully saturated rings. The van der Waals surface area contributed by atoms with E-state index in [9.17, 15) is 4.39 Å². The molecule has 2 aromatic carbocycles. The van der Waals surface area contributed by atoms with Crippen LogP contribution in [-0.4, -0.2) is 27.5 Å². The van der Waals surface area contributed by atoms with E-state index >= 15 is 0 Å². The summed E-state index contributed by atoms with van der Waals surface area (Å²) in [6, 6.07) is 14.1. The smallest absolute Gasteiger partial charge is 0.139 e. The molecule has 0 atom stereocenters. The molecule has 0 bridgehead atoms. The van der Waals surface area contributed by atoms with E-state index in [1.165, 1.54) is 12.1 Å². The van der Waals surface area contributed by atoms with Crippen LogP contribution in [0.5, 0.6) is 0 Å². The molecule has 1 aliphatic rings. The number of nitrogens with one attached hydrogen (secondary N) is 1. The SMILES string of the molecule is CC/C=C(\CN)N1Cc2nc(-c3ccc(F)cc3)c(Nc3ccc(Cl)cc3)n2C(C)(C)C1. The molecule has 0 unspecified atom stereocenters. The summed E-state index contributed by atoms with van der Waals surface area (Å²) in [6.45, 7) is 8.47. The molecule has 4 rings (SSSR count). The Morgan fingerprint density at radius 3 is 2.50 bits per heavy atom. The fraction of sp³-hybridized carbons (Fsp3) is 0.320. The summed E-state index contributed by atoms with van der Waals surface area (Å²) in [5.41, 5.74) is 9.49. The van der Waals surface area contributed by atoms with E-state index in [1.54, 1.807) is 12.1 Å². The van der Waals surface area contributed by atoms with Crippen LogP contribution in [0, 0.1) is 5.82 Å². The van der Waals surface area contributed by atoms with Crippen molar-refractivity contribution in [1.29, 1.82) is 0 Å². The average molecular weight is 454 g/mol. The molecule has 168 valence electrons. The van der Waals surface area contributed by atoms with E-state index in [-0.39, 0.29) is 11.4 Å². The highest BCUT2D eigenvalue weighted by molar-refractivity contribution is 6.30. The third-order valence-electron chi connectivity index (χ3n) is 5.74. The Balaban J connectivity index is 1.84. The second kappa shape index (κ2) is 8.96. The quantitative estimate of drug-likeness (QED) is 0.488. The van der Waals surface area contributed by atoms with Gasteiger partial charge >= 0.3 is 0 Å². The topological polar surface area (TPSA) is 59.1 Å². The van der Waals surface area contributed by atoms with Crippen LogP contribution < -0.4 is 11.1 Å². The predicted molar refractivity (Wildman–Crippen MR) is 130 cm³/mol. The summed E-state index contributed by atoms with van der Waals surface area (Å²) >= 11 is 6.08. The zero-order chi connectivity index (χ0) is 22.9. The van der Waals surface area contributed by atoms with E-state index in [2.05, 4.69) is 41.6 Å². The average Bonchev–Trinajstić information content (AvgIpc) is 3.13. The van der Waals surface area contributed by atoms with Crippen molar-refractivity contribution < 1.29 is 4.39 Å². The summed E-state index contributed by atoms with van der Waals surface area (Å²) in [6.07, 6.45) is 3.12. The van der Waals surface area contributed by atoms with Crippen LogP contribution in [0.3, 0.4) is 0 Å². The van der Waals surface area contributed by atoms with Crippen molar-refractivity contribution in [1.82, 2.24) is 14.5 Å². The molecule has 0 spiro atoms. The molecule has 0 saturated heterocycles. The lowest BCUT2D eigenvalue weighted by Crippen LogP contribution is -2.47. The van der Waals surface area contributed by atoms with Crippen molar-refractivity contribution in [2.24, 2.45) is 5.73 Å². The van der Waals surface area contributed by atoms with Gasteiger partial charge in [0.2, 0.25) is 0 Å². The number of nitrogens with two attached hydrogens (primary N) is 1. The minimum atomic E-state index is -0.270. The van der Waals surface area contributed by atoms with Crippen molar-refractivity contribution in [3.05, 3.63) is 77.0 Å². The maximum Gasteiger partial charge on any atom is 0.139 e. The molecule has 3 aromatic rings. The van der Waals surface area contributed by atoms with Gasteiger partial charge in [-0.1, -0.05) is 24.6 Å². The Bertz CT molecular complexity index is 1120. The number of allylic oxidation sites excluding steroid dienone is 1. The van der Waals surface area contributed by atoms with Gasteiger partial charge in [0.25, 0.3) is 0 Å². The normalized spacial score (nSPS) is 15.6. The van der Waals surface area contributed by atoms with Gasteiger partial charge in [-0.3, -0.25) is 0 Å². The van der Waals surface area contributed by atoms with Gasteiger partial charge in [0, 0.05) is 35.1 Å². The lowest BCUT2D eigenvalue weighted by atomic mass is 10.00. The van der Waals surface area contributed by atoms with Crippen molar-refractivity contribution in [2.75, 3.05) is 18.4 Å². The number of imidazole rings is 1. The Morgan fingerprint density at radius 2 is 1.88 bits per heavy atom. The van der Waals surface area contributed by atoms with Crippen LogP contribution in [-0.2, 0) is 12.1 Å². The van der Waals surface area contributed by atoms with E-state index in [4.69, 9.17) is 22.3 Å². The molecule has 0 aliphatic carbocycles. The molecule has 1 aromatic heterocycles. The largest absolute Gasteiger partial charge is 0.364 e. The van der Waals surface area contributed by atoms with Crippen LogP contribution in [0.2, 0.25) is 5.02 Å². The summed E-state index contributed by atoms with van der Waals surface area (Å²) in [5.74, 6) is 1.55. The fourth-order valence-corrected chi connectivity index (χ4v) is 4.49. The van der Waals surface area contributed by atoms with Crippen molar-refractivity contribution >= 4 is 23.1 Å². The fourth-order valence-electron chi connectivity index (χ4n) is 4.36. The number of hydrogen-bond donors (Lipinski definition) is 2. The molecule has 3 N–H and O–H groups in total. The molecular formula is C25H29ClFN5. The first-order valence-electron chi connectivity index (χ1n) is 10.9. The van der Waals surface area contributed by atoms with Gasteiger partial charge in [0.1, 0.15) is 23.2 Å². The molecule has 1 aliphatic heterocycles. The molecule has 5 nitrogen and oxygen atoms in total. The van der Waals surface area contributed by atoms with Gasteiger partial charge < -0.3 is 20.5 Å². The highest BCUT2D eigenvalue weighted by atomic mass is 35.5. The van der Waals surface area contributed by atoms with Crippen molar-refractivity contribution in [3.8, 4) is 11.3 Å². The standard InChI is InChI=1S/C25H29ClFN5/c1-4-5-21(14-28)31-15-22-30-23(17-6-10-19(27)11-7-17)24(32(22)25(2,3)16-31)29-20-12-8-18(26)9-13-20/h5-13,29H,4,14-16,28H2,1-3H3/b21-5+. The number of nitrogens with zero attached hydrogens (tertiary/aromatic N) is 3. The van der Waals surface area contributed by atoms with Gasteiger partial charge in [-0.15, -0.1) is 0 Å². The van der Waals surface area contributed by atoms with Gasteiger partial charge in [0.05, 0.1) is 12.1 Å². The van der Waals surface area contributed by atoms with Gasteiger partial charge in [-0.05, 0) is 68.8 Å². The first-order chi connectivity index (χ1) is 15.3. The molecular weight excluding hydrogens is 425 g/mol. The highest BCUT2D eigenvalue weighted by Crippen LogP contribution is 2.39. The van der Waals surface area contributed by atoms with Crippen molar-refractivity contribution in [3.63, 3.8) is 0 Å². The predicted octanol–water partition coefficient (Wildman–Crippen LogP) is 5.89. The number of aromatic nitrogens is 2. The first-order valence-corrected chi connectivity index (χ1v) is 11.2. The Hall–Kier alpha value is -2.83. The Labute approximate surface area is 193 Å². The van der Waals surface area contributed by atoms with Crippen LogP contribution in [0.25, 0.3) is 11.3 Å². The number of anilines is 2. The number of halogens is 2. The minimum Gasteiger partial charge on any atom is -0.364 e. The lowest BCUT2D eigenvalue weighted by molar-refractivity contribution is 0.164. The van der Waals surface area contributed by atoms with Crippen LogP contribution >= 0.6 is 11.6 Å². The van der Waals surface area contributed by atoms with Gasteiger partial charge in [-0.2, -0.15) is 0 Å². The second-order valence-corrected chi connectivity index (χ2v) is 9.11. The molecule has 0 amide bonds. The zero-order valence-electron chi connectivity index (χ0n) is 18.7. The van der Waals surface area contributed by atoms with E-state index in [0.29, 0.717) is 18.1 Å². The van der Waals surface area contributed by atoms with E-state index in [1.807, 2.05) is 24.3 Å². The molecule has 2 heterocycles. The van der Waals surface area contributed by atoms with E-state index < -0.39 is 0 Å². The summed E-state index contributed by atoms with van der Waals surface area (Å²) < 4.78 is 15.9. The number of hydrogen-bond acceptors (Lipinski definition) is 4. The summed E-state index contributed by atoms with van der Waals surface area (Å²) in [4.78, 5) is 7.34. The van der Waals surface area contributed by atoms with Crippen LogP contribution in [0.4, 0.5) is 15.9 Å². The van der Waals surface area contributed by atoms with Gasteiger partial charge in [-0.25, -0.2) is 9.37 Å². The monoisotopic (exact) mass is 453 g/mol. The second-order valence-electron chi connectivity index (χ2n) is 8.68. The zero-order valence-corrected chi connectivity index (χ0v) is 19.5. The maximum atomic E-state index is 13.6. The molecule has 0 radical (unpaired) electrons. The highest BCUT2D eigenvalue weighted by Gasteiger charge is 2.36. The molecule has 32 heavy (non-hydrogen) atoms.